The molecule has 0 saturated carbocycles. The number of rotatable bonds is 9. The van der Waals surface area contributed by atoms with Crippen LogP contribution >= 0.6 is 0 Å². The van der Waals surface area contributed by atoms with Crippen LogP contribution in [-0.2, 0) is 23.8 Å². The van der Waals surface area contributed by atoms with Gasteiger partial charge >= 0.3 is 11.9 Å². The van der Waals surface area contributed by atoms with Crippen LogP contribution in [0, 0.1) is 0 Å². The lowest BCUT2D eigenvalue weighted by molar-refractivity contribution is -0.150. The molecule has 0 spiro atoms. The fraction of sp³-hybridized carbons (Fsp3) is 0.800. The lowest BCUT2D eigenvalue weighted by atomic mass is 10.3. The molecule has 0 aliphatic carbocycles. The molecule has 0 aliphatic heterocycles. The maximum Gasteiger partial charge on any atom is 0.332 e. The summed E-state index contributed by atoms with van der Waals surface area (Å²) >= 11 is 0. The molecule has 0 unspecified atom stereocenters. The zero-order valence-electron chi connectivity index (χ0n) is 10.0. The third-order valence-electron chi connectivity index (χ3n) is 1.70. The summed E-state index contributed by atoms with van der Waals surface area (Å²) in [6.07, 6.45) is 0.839. The van der Waals surface area contributed by atoms with Gasteiger partial charge in [-0.05, 0) is 12.8 Å². The topological polar surface area (TPSA) is 114 Å². The molecule has 7 nitrogen and oxygen atoms in total. The smallest absolute Gasteiger partial charge is 0.332 e. The fourth-order valence-corrected chi connectivity index (χ4v) is 0.947. The molecule has 0 amide bonds. The molecule has 0 saturated heterocycles. The Hall–Kier alpha value is -1.18. The largest absolute Gasteiger partial charge is 0.464 e. The summed E-state index contributed by atoms with van der Waals surface area (Å²) in [7, 11) is 0. The van der Waals surface area contributed by atoms with Gasteiger partial charge in [0, 0.05) is 6.92 Å². The first-order chi connectivity index (χ1) is 8.02. The summed E-state index contributed by atoms with van der Waals surface area (Å²) in [5.41, 5.74) is 10.6. The van der Waals surface area contributed by atoms with Crippen molar-refractivity contribution < 1.29 is 23.8 Å². The van der Waals surface area contributed by atoms with Gasteiger partial charge in [0.1, 0.15) is 13.2 Å². The van der Waals surface area contributed by atoms with Crippen LogP contribution in [0.4, 0.5) is 0 Å². The van der Waals surface area contributed by atoms with Gasteiger partial charge in [0.25, 0.3) is 0 Å². The lowest BCUT2D eigenvalue weighted by Crippen LogP contribution is -2.30. The van der Waals surface area contributed by atoms with Gasteiger partial charge in [-0.3, -0.25) is 4.79 Å². The molecular formula is C10H20N2O5. The van der Waals surface area contributed by atoms with Crippen molar-refractivity contribution in [3.8, 4) is 0 Å². The average Bonchev–Trinajstić information content (AvgIpc) is 2.23. The molecule has 0 aliphatic rings. The molecule has 100 valence electrons. The highest BCUT2D eigenvalue weighted by atomic mass is 16.6. The van der Waals surface area contributed by atoms with Crippen LogP contribution in [0.15, 0.2) is 0 Å². The van der Waals surface area contributed by atoms with E-state index in [-0.39, 0.29) is 38.6 Å². The van der Waals surface area contributed by atoms with Crippen LogP contribution in [-0.4, -0.2) is 44.5 Å². The maximum absolute atomic E-state index is 11.1. The molecular weight excluding hydrogens is 228 g/mol. The van der Waals surface area contributed by atoms with Gasteiger partial charge < -0.3 is 25.7 Å². The number of ether oxygens (including phenoxy) is 3. The third-order valence-corrected chi connectivity index (χ3v) is 1.70. The van der Waals surface area contributed by atoms with Crippen molar-refractivity contribution in [3.05, 3.63) is 0 Å². The highest BCUT2D eigenvalue weighted by molar-refractivity contribution is 5.70. The van der Waals surface area contributed by atoms with Crippen molar-refractivity contribution in [1.82, 2.24) is 0 Å². The molecule has 4 N–H and O–H groups in total. The SMILES string of the molecule is CC(=O)OCCOCC(=O)OCCCC(N)N. The summed E-state index contributed by atoms with van der Waals surface area (Å²) in [4.78, 5) is 21.4. The predicted octanol–water partition coefficient (Wildman–Crippen LogP) is -0.867. The minimum atomic E-state index is -0.460. The number of nitrogens with two attached hydrogens (primary N) is 2. The van der Waals surface area contributed by atoms with Crippen LogP contribution in [0.5, 0.6) is 0 Å². The molecule has 0 radical (unpaired) electrons. The molecule has 0 heterocycles. The summed E-state index contributed by atoms with van der Waals surface area (Å²) in [6.45, 7) is 1.72. The zero-order valence-corrected chi connectivity index (χ0v) is 10.0. The monoisotopic (exact) mass is 248 g/mol. The van der Waals surface area contributed by atoms with Crippen molar-refractivity contribution in [2.45, 2.75) is 25.9 Å². The van der Waals surface area contributed by atoms with E-state index in [0.29, 0.717) is 12.8 Å². The van der Waals surface area contributed by atoms with Crippen molar-refractivity contribution in [2.24, 2.45) is 11.5 Å². The molecule has 0 rings (SSSR count). The Labute approximate surface area is 100 Å². The Kier molecular flexibility index (Phi) is 9.31. The molecule has 0 fully saturated rings. The van der Waals surface area contributed by atoms with E-state index in [0.717, 1.165) is 0 Å². The number of esters is 2. The Bertz CT molecular complexity index is 233. The fourth-order valence-electron chi connectivity index (χ4n) is 0.947. The van der Waals surface area contributed by atoms with Crippen LogP contribution in [0.25, 0.3) is 0 Å². The Morgan fingerprint density at radius 3 is 2.41 bits per heavy atom. The Morgan fingerprint density at radius 1 is 1.12 bits per heavy atom. The summed E-state index contributed by atoms with van der Waals surface area (Å²) < 4.78 is 14.4. The molecule has 0 atom stereocenters. The minimum absolute atomic E-state index is 0.130. The van der Waals surface area contributed by atoms with Crippen LogP contribution in [0.1, 0.15) is 19.8 Å². The quantitative estimate of drug-likeness (QED) is 0.310. The van der Waals surface area contributed by atoms with E-state index in [2.05, 4.69) is 4.74 Å². The Morgan fingerprint density at radius 2 is 1.82 bits per heavy atom. The Balaban J connectivity index is 3.26. The highest BCUT2D eigenvalue weighted by Gasteiger charge is 2.03. The summed E-state index contributed by atoms with van der Waals surface area (Å²) in [5, 5.41) is 0. The first-order valence-electron chi connectivity index (χ1n) is 5.40. The van der Waals surface area contributed by atoms with Gasteiger partial charge in [-0.25, -0.2) is 4.79 Å². The van der Waals surface area contributed by atoms with Gasteiger partial charge in [-0.1, -0.05) is 0 Å². The second kappa shape index (κ2) is 10.0. The van der Waals surface area contributed by atoms with Crippen molar-refractivity contribution in [3.63, 3.8) is 0 Å². The molecule has 0 aromatic heterocycles. The van der Waals surface area contributed by atoms with Crippen LogP contribution in [0.3, 0.4) is 0 Å². The van der Waals surface area contributed by atoms with E-state index >= 15 is 0 Å². The van der Waals surface area contributed by atoms with Crippen LogP contribution < -0.4 is 11.5 Å². The lowest BCUT2D eigenvalue weighted by Gasteiger charge is -2.07. The van der Waals surface area contributed by atoms with E-state index in [4.69, 9.17) is 20.9 Å². The van der Waals surface area contributed by atoms with Crippen molar-refractivity contribution >= 4 is 11.9 Å². The number of hydrogen-bond acceptors (Lipinski definition) is 7. The summed E-state index contributed by atoms with van der Waals surface area (Å²) in [5.74, 6) is -0.840. The second-order valence-electron chi connectivity index (χ2n) is 3.42. The maximum atomic E-state index is 11.1. The molecule has 0 aromatic rings. The van der Waals surface area contributed by atoms with Gasteiger partial charge in [0.05, 0.1) is 19.4 Å². The first kappa shape index (κ1) is 15.8. The van der Waals surface area contributed by atoms with E-state index in [1.165, 1.54) is 6.92 Å². The molecule has 7 heteroatoms. The standard InChI is InChI=1S/C10H20N2O5/c1-8(13)16-6-5-15-7-10(14)17-4-2-3-9(11)12/h9H,2-7,11-12H2,1H3. The second-order valence-corrected chi connectivity index (χ2v) is 3.42. The van der Waals surface area contributed by atoms with Gasteiger partial charge in [-0.15, -0.1) is 0 Å². The summed E-state index contributed by atoms with van der Waals surface area (Å²) in [6, 6.07) is 0. The third kappa shape index (κ3) is 12.8. The van der Waals surface area contributed by atoms with Gasteiger partial charge in [0.15, 0.2) is 0 Å². The molecule has 0 bridgehead atoms. The molecule has 0 aromatic carbocycles. The van der Waals surface area contributed by atoms with Crippen molar-refractivity contribution in [1.29, 1.82) is 0 Å². The zero-order chi connectivity index (χ0) is 13.1. The van der Waals surface area contributed by atoms with E-state index in [1.807, 2.05) is 0 Å². The van der Waals surface area contributed by atoms with Gasteiger partial charge in [0.2, 0.25) is 0 Å². The predicted molar refractivity (Wildman–Crippen MR) is 59.8 cm³/mol. The van der Waals surface area contributed by atoms with Crippen LogP contribution in [0.2, 0.25) is 0 Å². The normalized spacial score (nSPS) is 10.4. The first-order valence-corrected chi connectivity index (χ1v) is 5.40. The van der Waals surface area contributed by atoms with Crippen molar-refractivity contribution in [2.75, 3.05) is 26.4 Å². The molecule has 17 heavy (non-hydrogen) atoms. The average molecular weight is 248 g/mol. The van der Waals surface area contributed by atoms with E-state index in [9.17, 15) is 9.59 Å². The number of hydrogen-bond donors (Lipinski definition) is 2. The van der Waals surface area contributed by atoms with E-state index < -0.39 is 5.97 Å². The van der Waals surface area contributed by atoms with E-state index in [1.54, 1.807) is 0 Å². The number of carbonyl (C=O) groups is 2. The number of carbonyl (C=O) groups excluding carboxylic acids is 2. The minimum Gasteiger partial charge on any atom is -0.464 e. The highest BCUT2D eigenvalue weighted by Crippen LogP contribution is 1.92. The van der Waals surface area contributed by atoms with Gasteiger partial charge in [-0.2, -0.15) is 0 Å².